The Morgan fingerprint density at radius 1 is 1.36 bits per heavy atom. The normalized spacial score (nSPS) is 16.7. The summed E-state index contributed by atoms with van der Waals surface area (Å²) >= 11 is 0. The number of hydrogen-bond acceptors (Lipinski definition) is 6. The lowest BCUT2D eigenvalue weighted by molar-refractivity contribution is -0.0469. The fourth-order valence-electron chi connectivity index (χ4n) is 2.93. The molecule has 1 unspecified atom stereocenters. The lowest BCUT2D eigenvalue weighted by Crippen LogP contribution is -2.26. The van der Waals surface area contributed by atoms with Gasteiger partial charge < -0.3 is 15.2 Å². The van der Waals surface area contributed by atoms with Gasteiger partial charge in [0.2, 0.25) is 5.88 Å². The number of benzene rings is 1. The second kappa shape index (κ2) is 8.15. The zero-order valence-electron chi connectivity index (χ0n) is 15.7. The number of aromatic nitrogens is 2. The summed E-state index contributed by atoms with van der Waals surface area (Å²) in [6, 6.07) is 6.99. The molecule has 1 aromatic carbocycles. The predicted molar refractivity (Wildman–Crippen MR) is 96.8 cm³/mol. The molecule has 1 amide bonds. The summed E-state index contributed by atoms with van der Waals surface area (Å²) in [4.78, 5) is 21.4. The van der Waals surface area contributed by atoms with Gasteiger partial charge in [0.15, 0.2) is 6.61 Å². The fraction of sp³-hybridized carbons (Fsp3) is 0.421. The van der Waals surface area contributed by atoms with Gasteiger partial charge in [-0.05, 0) is 17.7 Å². The topological polar surface area (TPSA) is 87.6 Å². The van der Waals surface area contributed by atoms with Crippen LogP contribution < -0.4 is 10.1 Å². The second-order valence-corrected chi connectivity index (χ2v) is 6.59. The third-order valence-corrected chi connectivity index (χ3v) is 4.65. The first-order chi connectivity index (χ1) is 13.3. The van der Waals surface area contributed by atoms with Crippen molar-refractivity contribution in [2.45, 2.75) is 38.6 Å². The number of carbonyl (C=O) groups is 1. The molecule has 150 valence electrons. The molecular weight excluding hydrogens is 370 g/mol. The minimum absolute atomic E-state index is 0.0249. The molecule has 1 aliphatic heterocycles. The van der Waals surface area contributed by atoms with Crippen molar-refractivity contribution in [2.75, 3.05) is 13.7 Å². The lowest BCUT2D eigenvalue weighted by Gasteiger charge is -2.21. The van der Waals surface area contributed by atoms with Crippen LogP contribution in [0.3, 0.4) is 0 Å². The molecule has 1 aromatic heterocycles. The third-order valence-electron chi connectivity index (χ3n) is 4.65. The fourth-order valence-corrected chi connectivity index (χ4v) is 2.93. The lowest BCUT2D eigenvalue weighted by atomic mass is 10.1. The molecule has 0 saturated heterocycles. The Bertz CT molecular complexity index is 846. The van der Waals surface area contributed by atoms with Gasteiger partial charge in [0.1, 0.15) is 12.6 Å². The van der Waals surface area contributed by atoms with Gasteiger partial charge in [-0.1, -0.05) is 19.1 Å². The van der Waals surface area contributed by atoms with Crippen LogP contribution in [0.4, 0.5) is 8.78 Å². The van der Waals surface area contributed by atoms with Crippen LogP contribution in [0.5, 0.6) is 5.88 Å². The highest BCUT2D eigenvalue weighted by atomic mass is 19.3. The molecule has 3 rings (SSSR count). The van der Waals surface area contributed by atoms with Crippen LogP contribution in [0.1, 0.15) is 46.8 Å². The van der Waals surface area contributed by atoms with Gasteiger partial charge in [0.25, 0.3) is 11.8 Å². The van der Waals surface area contributed by atoms with Gasteiger partial charge in [-0.25, -0.2) is 18.7 Å². The van der Waals surface area contributed by atoms with Gasteiger partial charge in [-0.3, -0.25) is 9.69 Å². The summed E-state index contributed by atoms with van der Waals surface area (Å²) in [6.07, 6.45) is -0.173. The van der Waals surface area contributed by atoms with Crippen molar-refractivity contribution < 1.29 is 23.4 Å². The van der Waals surface area contributed by atoms with E-state index in [0.29, 0.717) is 29.9 Å². The highest BCUT2D eigenvalue weighted by molar-refractivity contribution is 5.93. The van der Waals surface area contributed by atoms with Crippen molar-refractivity contribution >= 4 is 5.91 Å². The number of carbonyl (C=O) groups excluding carboxylic acids is 1. The standard InChI is InChI=1S/C19H22F2N4O3/c1-3-19(20,21)10-28-17-15-14(23-11-24-17)9-25(18(15)27)8-12-4-6-13(7-5-12)16(26)22-2/h4-7,11,18,27H,3,8-10H2,1-2H3,(H,22,26). The number of hydrogen-bond donors (Lipinski definition) is 2. The molecule has 0 aliphatic carbocycles. The maximum Gasteiger partial charge on any atom is 0.281 e. The van der Waals surface area contributed by atoms with E-state index in [9.17, 15) is 18.7 Å². The second-order valence-electron chi connectivity index (χ2n) is 6.59. The van der Waals surface area contributed by atoms with Crippen LogP contribution in [0.25, 0.3) is 0 Å². The molecular formula is C19H22F2N4O3. The van der Waals surface area contributed by atoms with Gasteiger partial charge in [-0.15, -0.1) is 0 Å². The smallest absolute Gasteiger partial charge is 0.281 e. The minimum atomic E-state index is -2.96. The number of aliphatic hydroxyl groups is 1. The van der Waals surface area contributed by atoms with Crippen molar-refractivity contribution in [3.63, 3.8) is 0 Å². The van der Waals surface area contributed by atoms with Crippen molar-refractivity contribution in [1.82, 2.24) is 20.2 Å². The SMILES string of the molecule is CCC(F)(F)COc1ncnc2c1C(O)N(Cc1ccc(C(=O)NC)cc1)C2. The van der Waals surface area contributed by atoms with Gasteiger partial charge >= 0.3 is 0 Å². The van der Waals surface area contributed by atoms with E-state index in [4.69, 9.17) is 4.74 Å². The zero-order chi connectivity index (χ0) is 20.3. The Kier molecular flexibility index (Phi) is 5.85. The number of fused-ring (bicyclic) bond motifs is 1. The first-order valence-electron chi connectivity index (χ1n) is 8.92. The number of nitrogens with one attached hydrogen (secondary N) is 1. The number of amides is 1. The van der Waals surface area contributed by atoms with E-state index in [2.05, 4.69) is 15.3 Å². The van der Waals surface area contributed by atoms with E-state index in [1.807, 2.05) is 0 Å². The molecule has 2 aromatic rings. The van der Waals surface area contributed by atoms with Crippen LogP contribution in [0.2, 0.25) is 0 Å². The molecule has 0 bridgehead atoms. The summed E-state index contributed by atoms with van der Waals surface area (Å²) in [7, 11) is 1.56. The molecule has 1 aliphatic rings. The highest BCUT2D eigenvalue weighted by Crippen LogP contribution is 2.37. The zero-order valence-corrected chi connectivity index (χ0v) is 15.7. The maximum atomic E-state index is 13.5. The number of ether oxygens (including phenoxy) is 1. The van der Waals surface area contributed by atoms with Crippen LogP contribution >= 0.6 is 0 Å². The van der Waals surface area contributed by atoms with Crippen LogP contribution in [0, 0.1) is 0 Å². The van der Waals surface area contributed by atoms with Crippen molar-refractivity contribution in [3.8, 4) is 5.88 Å². The Balaban J connectivity index is 1.72. The average molecular weight is 392 g/mol. The Morgan fingerprint density at radius 2 is 2.07 bits per heavy atom. The summed E-state index contributed by atoms with van der Waals surface area (Å²) < 4.78 is 32.2. The van der Waals surface area contributed by atoms with E-state index in [1.54, 1.807) is 36.2 Å². The first-order valence-corrected chi connectivity index (χ1v) is 8.92. The largest absolute Gasteiger partial charge is 0.471 e. The van der Waals surface area contributed by atoms with Crippen molar-refractivity contribution in [1.29, 1.82) is 0 Å². The van der Waals surface area contributed by atoms with Gasteiger partial charge in [0, 0.05) is 32.1 Å². The van der Waals surface area contributed by atoms with Crippen molar-refractivity contribution in [3.05, 3.63) is 53.0 Å². The van der Waals surface area contributed by atoms with E-state index >= 15 is 0 Å². The average Bonchev–Trinajstić information content (AvgIpc) is 3.02. The highest BCUT2D eigenvalue weighted by Gasteiger charge is 2.35. The summed E-state index contributed by atoms with van der Waals surface area (Å²) in [5.74, 6) is -3.17. The maximum absolute atomic E-state index is 13.5. The van der Waals surface area contributed by atoms with E-state index < -0.39 is 18.8 Å². The third kappa shape index (κ3) is 4.26. The van der Waals surface area contributed by atoms with E-state index in [-0.39, 0.29) is 18.2 Å². The Morgan fingerprint density at radius 3 is 2.71 bits per heavy atom. The molecule has 2 heterocycles. The van der Waals surface area contributed by atoms with Crippen LogP contribution in [-0.2, 0) is 13.1 Å². The number of rotatable bonds is 7. The number of halogens is 2. The number of aliphatic hydroxyl groups excluding tert-OH is 1. The Labute approximate surface area is 161 Å². The summed E-state index contributed by atoms with van der Waals surface area (Å²) in [5.41, 5.74) is 2.28. The molecule has 7 nitrogen and oxygen atoms in total. The predicted octanol–water partition coefficient (Wildman–Crippen LogP) is 2.27. The van der Waals surface area contributed by atoms with E-state index in [0.717, 1.165) is 5.56 Å². The van der Waals surface area contributed by atoms with Gasteiger partial charge in [0.05, 0.1) is 11.3 Å². The monoisotopic (exact) mass is 392 g/mol. The summed E-state index contributed by atoms with van der Waals surface area (Å²) in [6.45, 7) is 1.28. The quantitative estimate of drug-likeness (QED) is 0.752. The van der Waals surface area contributed by atoms with Crippen LogP contribution in [0.15, 0.2) is 30.6 Å². The molecule has 0 spiro atoms. The van der Waals surface area contributed by atoms with Crippen molar-refractivity contribution in [2.24, 2.45) is 0 Å². The minimum Gasteiger partial charge on any atom is -0.471 e. The molecule has 9 heteroatoms. The van der Waals surface area contributed by atoms with E-state index in [1.165, 1.54) is 13.3 Å². The molecule has 0 saturated carbocycles. The Hall–Kier alpha value is -2.65. The molecule has 0 fully saturated rings. The molecule has 28 heavy (non-hydrogen) atoms. The van der Waals surface area contributed by atoms with Crippen LogP contribution in [-0.4, -0.2) is 45.5 Å². The number of alkyl halides is 2. The van der Waals surface area contributed by atoms with Gasteiger partial charge in [-0.2, -0.15) is 0 Å². The molecule has 1 atom stereocenters. The summed E-state index contributed by atoms with van der Waals surface area (Å²) in [5, 5.41) is 13.2. The first kappa shape index (κ1) is 20.1. The molecule has 0 radical (unpaired) electrons. The molecule has 2 N–H and O–H groups in total. The number of nitrogens with zero attached hydrogens (tertiary/aromatic N) is 3.